The van der Waals surface area contributed by atoms with Gasteiger partial charge in [0.1, 0.15) is 23.8 Å². The highest BCUT2D eigenvalue weighted by atomic mass is 32.1. The number of benzene rings is 1. The monoisotopic (exact) mass is 257 g/mol. The normalized spacial score (nSPS) is 9.53. The molecule has 0 aromatic heterocycles. The maximum atomic E-state index is 13.2. The Morgan fingerprint density at radius 2 is 2.06 bits per heavy atom. The van der Waals surface area contributed by atoms with Crippen LogP contribution in [0.25, 0.3) is 0 Å². The summed E-state index contributed by atoms with van der Waals surface area (Å²) in [4.78, 5) is 11.5. The fraction of sp³-hybridized carbons (Fsp3) is 0.0909. The molecule has 0 aliphatic carbocycles. The quantitative estimate of drug-likeness (QED) is 0.666. The van der Waals surface area contributed by atoms with Gasteiger partial charge in [-0.05, 0) is 24.4 Å². The molecule has 0 atom stereocenters. The second kappa shape index (κ2) is 6.05. The Morgan fingerprint density at radius 1 is 1.47 bits per heavy atom. The first-order valence-corrected chi connectivity index (χ1v) is 5.00. The topological polar surface area (TPSA) is 38.3 Å². The molecule has 0 saturated heterocycles. The van der Waals surface area contributed by atoms with Crippen LogP contribution < -0.4 is 5.32 Å². The first-order chi connectivity index (χ1) is 8.06. The highest BCUT2D eigenvalue weighted by Crippen LogP contribution is 2.11. The largest absolute Gasteiger partial charge is 0.467 e. The predicted octanol–water partition coefficient (Wildman–Crippen LogP) is 2.18. The summed E-state index contributed by atoms with van der Waals surface area (Å²) in [5.41, 5.74) is -0.697. The first-order valence-electron chi connectivity index (χ1n) is 4.59. The highest BCUT2D eigenvalue weighted by molar-refractivity contribution is 7.80. The third-order valence-corrected chi connectivity index (χ3v) is 1.96. The van der Waals surface area contributed by atoms with Crippen molar-refractivity contribution in [2.24, 2.45) is 0 Å². The van der Waals surface area contributed by atoms with Gasteiger partial charge in [-0.2, -0.15) is 0 Å². The van der Waals surface area contributed by atoms with Crippen molar-refractivity contribution in [2.45, 2.75) is 0 Å². The summed E-state index contributed by atoms with van der Waals surface area (Å²) in [6, 6.07) is 3.12. The minimum absolute atomic E-state index is 0.0961. The second-order valence-electron chi connectivity index (χ2n) is 2.94. The van der Waals surface area contributed by atoms with Crippen molar-refractivity contribution in [1.82, 2.24) is 5.32 Å². The van der Waals surface area contributed by atoms with E-state index in [1.165, 1.54) is 6.08 Å². The molecule has 0 fully saturated rings. The molecule has 1 aromatic carbocycles. The average molecular weight is 257 g/mol. The summed E-state index contributed by atoms with van der Waals surface area (Å²) >= 11 is 4.64. The second-order valence-corrected chi connectivity index (χ2v) is 3.31. The molecule has 0 aliphatic rings. The smallest absolute Gasteiger partial charge is 0.264 e. The lowest BCUT2D eigenvalue weighted by Crippen LogP contribution is -2.32. The van der Waals surface area contributed by atoms with Crippen LogP contribution in [0.3, 0.4) is 0 Å². The van der Waals surface area contributed by atoms with E-state index in [0.717, 1.165) is 18.2 Å². The van der Waals surface area contributed by atoms with E-state index in [0.29, 0.717) is 0 Å². The molecule has 0 saturated carbocycles. The molecule has 17 heavy (non-hydrogen) atoms. The standard InChI is InChI=1S/C11H9F2NO2S/c1-2-6-16-11(17)14-10(15)9-7(12)4-3-5-8(9)13/h2-5H,1,6H2,(H,14,15,17). The Kier molecular flexibility index (Phi) is 4.71. The fourth-order valence-electron chi connectivity index (χ4n) is 1.04. The van der Waals surface area contributed by atoms with Crippen LogP contribution in [0.2, 0.25) is 0 Å². The molecule has 0 bridgehead atoms. The number of nitrogens with one attached hydrogen (secondary N) is 1. The molecule has 0 radical (unpaired) electrons. The van der Waals surface area contributed by atoms with Gasteiger partial charge >= 0.3 is 0 Å². The Bertz CT molecular complexity index is 443. The van der Waals surface area contributed by atoms with E-state index in [-0.39, 0.29) is 11.8 Å². The van der Waals surface area contributed by atoms with Gasteiger partial charge in [0.05, 0.1) is 0 Å². The van der Waals surface area contributed by atoms with Gasteiger partial charge in [0.2, 0.25) is 0 Å². The van der Waals surface area contributed by atoms with Crippen molar-refractivity contribution in [1.29, 1.82) is 0 Å². The number of amides is 1. The summed E-state index contributed by atoms with van der Waals surface area (Å²) < 4.78 is 31.2. The molecule has 0 aliphatic heterocycles. The molecule has 90 valence electrons. The van der Waals surface area contributed by atoms with Crippen molar-refractivity contribution < 1.29 is 18.3 Å². The van der Waals surface area contributed by atoms with Crippen molar-refractivity contribution in [2.75, 3.05) is 6.61 Å². The Morgan fingerprint density at radius 3 is 2.59 bits per heavy atom. The zero-order valence-corrected chi connectivity index (χ0v) is 9.52. The molecule has 1 amide bonds. The van der Waals surface area contributed by atoms with Crippen LogP contribution in [0, 0.1) is 11.6 Å². The van der Waals surface area contributed by atoms with Gasteiger partial charge in [0, 0.05) is 0 Å². The molecule has 1 aromatic rings. The van der Waals surface area contributed by atoms with E-state index in [1.807, 2.05) is 0 Å². The van der Waals surface area contributed by atoms with Crippen LogP contribution in [0.5, 0.6) is 0 Å². The number of halogens is 2. The lowest BCUT2D eigenvalue weighted by Gasteiger charge is -2.08. The number of hydrogen-bond acceptors (Lipinski definition) is 3. The van der Waals surface area contributed by atoms with Gasteiger partial charge < -0.3 is 4.74 Å². The van der Waals surface area contributed by atoms with Crippen LogP contribution in [0.4, 0.5) is 8.78 Å². The van der Waals surface area contributed by atoms with Crippen molar-refractivity contribution in [3.05, 3.63) is 48.1 Å². The van der Waals surface area contributed by atoms with E-state index in [2.05, 4.69) is 24.1 Å². The summed E-state index contributed by atoms with van der Waals surface area (Å²) in [5.74, 6) is -2.92. The van der Waals surface area contributed by atoms with E-state index in [1.54, 1.807) is 0 Å². The van der Waals surface area contributed by atoms with Crippen LogP contribution in [0.15, 0.2) is 30.9 Å². The number of hydrogen-bond donors (Lipinski definition) is 1. The number of rotatable bonds is 3. The van der Waals surface area contributed by atoms with Crippen LogP contribution >= 0.6 is 12.2 Å². The summed E-state index contributed by atoms with van der Waals surface area (Å²) in [6.45, 7) is 3.48. The molecule has 1 rings (SSSR count). The fourth-order valence-corrected chi connectivity index (χ4v) is 1.20. The zero-order chi connectivity index (χ0) is 12.8. The van der Waals surface area contributed by atoms with E-state index in [4.69, 9.17) is 4.74 Å². The molecule has 6 heteroatoms. The SMILES string of the molecule is C=CCOC(=S)NC(=O)c1c(F)cccc1F. The summed E-state index contributed by atoms with van der Waals surface area (Å²) in [6.07, 6.45) is 1.42. The van der Waals surface area contributed by atoms with Crippen LogP contribution in [0.1, 0.15) is 10.4 Å². The Labute approximate surface area is 102 Å². The summed E-state index contributed by atoms with van der Waals surface area (Å²) in [5, 5.41) is 1.79. The minimum atomic E-state index is -0.991. The molecular weight excluding hydrogens is 248 g/mol. The van der Waals surface area contributed by atoms with Gasteiger partial charge in [0.25, 0.3) is 11.1 Å². The lowest BCUT2D eigenvalue weighted by molar-refractivity contribution is 0.0960. The molecule has 0 heterocycles. The molecule has 0 spiro atoms. The van der Waals surface area contributed by atoms with Crippen molar-refractivity contribution in [3.8, 4) is 0 Å². The molecular formula is C11H9F2NO2S. The number of carbonyl (C=O) groups is 1. The third-order valence-electron chi connectivity index (χ3n) is 1.74. The van der Waals surface area contributed by atoms with Crippen LogP contribution in [-0.4, -0.2) is 17.7 Å². The molecule has 3 nitrogen and oxygen atoms in total. The van der Waals surface area contributed by atoms with E-state index >= 15 is 0 Å². The third kappa shape index (κ3) is 3.60. The maximum absolute atomic E-state index is 13.2. The zero-order valence-electron chi connectivity index (χ0n) is 8.70. The lowest BCUT2D eigenvalue weighted by atomic mass is 10.2. The van der Waals surface area contributed by atoms with Gasteiger partial charge in [-0.1, -0.05) is 18.7 Å². The number of ether oxygens (including phenoxy) is 1. The summed E-state index contributed by atoms with van der Waals surface area (Å²) in [7, 11) is 0. The Balaban J connectivity index is 2.76. The maximum Gasteiger partial charge on any atom is 0.264 e. The van der Waals surface area contributed by atoms with Gasteiger partial charge in [-0.15, -0.1) is 0 Å². The Hall–Kier alpha value is -1.82. The minimum Gasteiger partial charge on any atom is -0.467 e. The molecule has 1 N–H and O–H groups in total. The van der Waals surface area contributed by atoms with Crippen LogP contribution in [-0.2, 0) is 4.74 Å². The van der Waals surface area contributed by atoms with E-state index < -0.39 is 23.1 Å². The van der Waals surface area contributed by atoms with Crippen molar-refractivity contribution >= 4 is 23.3 Å². The van der Waals surface area contributed by atoms with Gasteiger partial charge in [0.15, 0.2) is 0 Å². The highest BCUT2D eigenvalue weighted by Gasteiger charge is 2.18. The average Bonchev–Trinajstić information content (AvgIpc) is 2.26. The first kappa shape index (κ1) is 13.2. The number of thiocarbonyl (C=S) groups is 1. The van der Waals surface area contributed by atoms with Gasteiger partial charge in [-0.3, -0.25) is 10.1 Å². The van der Waals surface area contributed by atoms with E-state index in [9.17, 15) is 13.6 Å². The number of carbonyl (C=O) groups excluding carboxylic acids is 1. The predicted molar refractivity (Wildman–Crippen MR) is 62.6 cm³/mol. The molecule has 0 unspecified atom stereocenters. The van der Waals surface area contributed by atoms with Crippen molar-refractivity contribution in [3.63, 3.8) is 0 Å². The van der Waals surface area contributed by atoms with Gasteiger partial charge in [-0.25, -0.2) is 8.78 Å².